The van der Waals surface area contributed by atoms with Crippen LogP contribution < -0.4 is 9.47 Å². The van der Waals surface area contributed by atoms with Crippen molar-refractivity contribution in [3.8, 4) is 11.5 Å². The molecule has 1 atom stereocenters. The fourth-order valence-corrected chi connectivity index (χ4v) is 3.22. The predicted octanol–water partition coefficient (Wildman–Crippen LogP) is 4.94. The molecule has 7 heteroatoms. The van der Waals surface area contributed by atoms with E-state index in [9.17, 15) is 18.0 Å². The smallest absolute Gasteiger partial charge is 0.483 e. The van der Waals surface area contributed by atoms with Gasteiger partial charge in [0, 0.05) is 23.6 Å². The minimum atomic E-state index is -4.74. The fourth-order valence-electron chi connectivity index (χ4n) is 3.22. The van der Waals surface area contributed by atoms with Crippen molar-refractivity contribution in [3.05, 3.63) is 59.3 Å². The maximum absolute atomic E-state index is 12.6. The van der Waals surface area contributed by atoms with Gasteiger partial charge in [-0.3, -0.25) is 4.79 Å². The number of aromatic nitrogens is 1. The lowest BCUT2D eigenvalue weighted by Gasteiger charge is -2.11. The molecule has 4 nitrogen and oxygen atoms in total. The molecule has 0 spiro atoms. The second-order valence-corrected chi connectivity index (χ2v) is 6.63. The van der Waals surface area contributed by atoms with Crippen molar-refractivity contribution in [3.63, 3.8) is 0 Å². The molecule has 1 aromatic heterocycles. The average Bonchev–Trinajstić information content (AvgIpc) is 2.85. The first-order valence-electron chi connectivity index (χ1n) is 8.72. The molecule has 0 radical (unpaired) electrons. The Morgan fingerprint density at radius 1 is 1.14 bits per heavy atom. The number of aryl methyl sites for hydroxylation is 1. The Labute approximate surface area is 160 Å². The summed E-state index contributed by atoms with van der Waals surface area (Å²) in [7, 11) is 1.87. The topological polar surface area (TPSA) is 40.5 Å². The molecule has 0 unspecified atom stereocenters. The number of halogens is 3. The van der Waals surface area contributed by atoms with E-state index in [0.29, 0.717) is 23.8 Å². The fraction of sp³-hybridized carbons (Fsp3) is 0.286. The lowest BCUT2D eigenvalue weighted by molar-refractivity contribution is -0.274. The maximum atomic E-state index is 12.6. The van der Waals surface area contributed by atoms with Crippen LogP contribution in [0.4, 0.5) is 13.2 Å². The van der Waals surface area contributed by atoms with E-state index in [-0.39, 0.29) is 5.75 Å². The van der Waals surface area contributed by atoms with Crippen molar-refractivity contribution in [1.29, 1.82) is 0 Å². The third kappa shape index (κ3) is 4.30. The van der Waals surface area contributed by atoms with E-state index in [2.05, 4.69) is 4.74 Å². The van der Waals surface area contributed by atoms with Crippen LogP contribution in [0.3, 0.4) is 0 Å². The van der Waals surface area contributed by atoms with E-state index in [1.807, 2.05) is 36.7 Å². The van der Waals surface area contributed by atoms with Gasteiger partial charge < -0.3 is 14.0 Å². The molecule has 0 N–H and O–H groups in total. The van der Waals surface area contributed by atoms with Gasteiger partial charge in [-0.2, -0.15) is 0 Å². The van der Waals surface area contributed by atoms with Gasteiger partial charge in [-0.25, -0.2) is 0 Å². The van der Waals surface area contributed by atoms with Crippen molar-refractivity contribution >= 4 is 17.2 Å². The largest absolute Gasteiger partial charge is 0.573 e. The summed E-state index contributed by atoms with van der Waals surface area (Å²) < 4.78 is 49.3. The van der Waals surface area contributed by atoms with Gasteiger partial charge in [-0.05, 0) is 61.7 Å². The number of carbonyl (C=O) groups excluding carboxylic acids is 1. The molecule has 0 aliphatic rings. The van der Waals surface area contributed by atoms with Crippen LogP contribution in [0, 0.1) is 6.92 Å². The molecule has 0 aliphatic carbocycles. The van der Waals surface area contributed by atoms with Crippen LogP contribution in [0.2, 0.25) is 0 Å². The zero-order chi connectivity index (χ0) is 20.5. The molecule has 0 saturated carbocycles. The zero-order valence-electron chi connectivity index (χ0n) is 15.7. The van der Waals surface area contributed by atoms with E-state index in [4.69, 9.17) is 4.74 Å². The van der Waals surface area contributed by atoms with E-state index in [1.165, 1.54) is 12.1 Å². The first kappa shape index (κ1) is 19.8. The number of rotatable bonds is 6. The third-order valence-corrected chi connectivity index (χ3v) is 4.62. The molecule has 1 heterocycles. The number of benzene rings is 2. The Bertz CT molecular complexity index is 1010. The van der Waals surface area contributed by atoms with E-state index < -0.39 is 12.5 Å². The number of ether oxygens (including phenoxy) is 2. The molecule has 0 bridgehead atoms. The maximum Gasteiger partial charge on any atom is 0.573 e. The minimum Gasteiger partial charge on any atom is -0.483 e. The molecular formula is C21H20F3NO3. The van der Waals surface area contributed by atoms with Crippen molar-refractivity contribution < 1.29 is 27.4 Å². The summed E-state index contributed by atoms with van der Waals surface area (Å²) in [6, 6.07) is 11.7. The van der Waals surface area contributed by atoms with E-state index >= 15 is 0 Å². The first-order chi connectivity index (χ1) is 13.2. The van der Waals surface area contributed by atoms with Gasteiger partial charge in [-0.1, -0.05) is 12.1 Å². The number of nitrogens with zero attached hydrogens (tertiary/aromatic N) is 1. The highest BCUT2D eigenvalue weighted by molar-refractivity contribution is 5.87. The van der Waals surface area contributed by atoms with Gasteiger partial charge in [0.25, 0.3) is 0 Å². The van der Waals surface area contributed by atoms with Gasteiger partial charge in [0.15, 0.2) is 12.4 Å². The second kappa shape index (κ2) is 7.58. The molecule has 3 aromatic rings. The van der Waals surface area contributed by atoms with E-state index in [1.54, 1.807) is 19.1 Å². The molecule has 2 aromatic carbocycles. The van der Waals surface area contributed by atoms with Crippen LogP contribution in [-0.4, -0.2) is 23.3 Å². The highest BCUT2D eigenvalue weighted by Gasteiger charge is 2.31. The van der Waals surface area contributed by atoms with E-state index in [0.717, 1.165) is 22.3 Å². The summed E-state index contributed by atoms with van der Waals surface area (Å²) in [6.45, 7) is 3.57. The number of fused-ring (bicyclic) bond motifs is 1. The predicted molar refractivity (Wildman–Crippen MR) is 99.7 cm³/mol. The second-order valence-electron chi connectivity index (χ2n) is 6.63. The van der Waals surface area contributed by atoms with Gasteiger partial charge in [0.2, 0.25) is 0 Å². The number of aldehydes is 1. The third-order valence-electron chi connectivity index (χ3n) is 4.62. The van der Waals surface area contributed by atoms with Gasteiger partial charge >= 0.3 is 6.36 Å². The molecular weight excluding hydrogens is 371 g/mol. The van der Waals surface area contributed by atoms with Gasteiger partial charge in [-0.15, -0.1) is 13.2 Å². The van der Waals surface area contributed by atoms with Crippen LogP contribution in [0.5, 0.6) is 11.5 Å². The normalized spacial score (nSPS) is 12.8. The standard InChI is InChI=1S/C21H20F3NO3/c1-13(12-26)27-16-6-4-5-15(9-16)10-18-14(2)25(3)20-8-7-17(11-19(18)20)28-21(22,23)24/h4-9,11-13H,10H2,1-3H3/t13-/m1/s1. The van der Waals surface area contributed by atoms with Crippen molar-refractivity contribution in [1.82, 2.24) is 4.57 Å². The summed E-state index contributed by atoms with van der Waals surface area (Å²) in [5.74, 6) is 0.319. The average molecular weight is 391 g/mol. The SMILES string of the molecule is Cc1c(Cc2cccc(O[C@H](C)C=O)c2)c2cc(OC(F)(F)F)ccc2n1C. The van der Waals surface area contributed by atoms with Crippen LogP contribution in [-0.2, 0) is 18.3 Å². The molecule has 0 saturated heterocycles. The van der Waals surface area contributed by atoms with Crippen molar-refractivity contribution in [2.75, 3.05) is 0 Å². The molecule has 148 valence electrons. The van der Waals surface area contributed by atoms with Crippen LogP contribution in [0.1, 0.15) is 23.7 Å². The van der Waals surface area contributed by atoms with Crippen LogP contribution >= 0.6 is 0 Å². The summed E-state index contributed by atoms with van der Waals surface area (Å²) in [6.07, 6.45) is -4.08. The van der Waals surface area contributed by atoms with Gasteiger partial charge in [0.05, 0.1) is 0 Å². The Balaban J connectivity index is 1.98. The summed E-state index contributed by atoms with van der Waals surface area (Å²) in [4.78, 5) is 10.8. The number of hydrogen-bond acceptors (Lipinski definition) is 3. The lowest BCUT2D eigenvalue weighted by atomic mass is 10.0. The molecule has 3 rings (SSSR count). The van der Waals surface area contributed by atoms with Crippen LogP contribution in [0.25, 0.3) is 10.9 Å². The van der Waals surface area contributed by atoms with Gasteiger partial charge in [0.1, 0.15) is 11.5 Å². The summed E-state index contributed by atoms with van der Waals surface area (Å²) in [5, 5.41) is 0.703. The first-order valence-corrected chi connectivity index (χ1v) is 8.72. The van der Waals surface area contributed by atoms with Crippen molar-refractivity contribution in [2.24, 2.45) is 7.05 Å². The minimum absolute atomic E-state index is 0.247. The number of carbonyl (C=O) groups is 1. The Morgan fingerprint density at radius 2 is 1.89 bits per heavy atom. The zero-order valence-corrected chi connectivity index (χ0v) is 15.7. The Kier molecular flexibility index (Phi) is 5.36. The molecule has 0 aliphatic heterocycles. The highest BCUT2D eigenvalue weighted by Crippen LogP contribution is 2.32. The Morgan fingerprint density at radius 3 is 2.57 bits per heavy atom. The quantitative estimate of drug-likeness (QED) is 0.559. The Hall–Kier alpha value is -2.96. The highest BCUT2D eigenvalue weighted by atomic mass is 19.4. The number of alkyl halides is 3. The van der Waals surface area contributed by atoms with Crippen molar-refractivity contribution in [2.45, 2.75) is 32.7 Å². The molecule has 0 fully saturated rings. The summed E-state index contributed by atoms with van der Waals surface area (Å²) in [5.41, 5.74) is 3.61. The lowest BCUT2D eigenvalue weighted by Crippen LogP contribution is -2.17. The molecule has 0 amide bonds. The number of hydrogen-bond donors (Lipinski definition) is 0. The molecule has 28 heavy (non-hydrogen) atoms. The van der Waals surface area contributed by atoms with Crippen LogP contribution in [0.15, 0.2) is 42.5 Å². The summed E-state index contributed by atoms with van der Waals surface area (Å²) >= 11 is 0. The monoisotopic (exact) mass is 391 g/mol.